The summed E-state index contributed by atoms with van der Waals surface area (Å²) >= 11 is 3.58. The Labute approximate surface area is 126 Å². The number of nitrogens with zero attached hydrogens (tertiary/aromatic N) is 2. The number of rotatable bonds is 2. The van der Waals surface area contributed by atoms with Crippen molar-refractivity contribution in [3.05, 3.63) is 34.7 Å². The molecule has 0 aliphatic heterocycles. The topological polar surface area (TPSA) is 27.0 Å². The van der Waals surface area contributed by atoms with Crippen LogP contribution in [0.5, 0.6) is 0 Å². The van der Waals surface area contributed by atoms with Crippen molar-refractivity contribution in [3.8, 4) is 6.07 Å². The summed E-state index contributed by atoms with van der Waals surface area (Å²) in [6.45, 7) is 1.84. The fourth-order valence-corrected chi connectivity index (χ4v) is 4.72. The van der Waals surface area contributed by atoms with E-state index in [2.05, 4.69) is 49.3 Å². The SMILES string of the molecule is C/C(C#N)=C/c1cc2sc3cc(N(C)C)ccc3c2s1. The number of benzene rings is 1. The van der Waals surface area contributed by atoms with Gasteiger partial charge in [0.1, 0.15) is 0 Å². The molecule has 2 nitrogen and oxygen atoms in total. The van der Waals surface area contributed by atoms with E-state index in [9.17, 15) is 0 Å². The summed E-state index contributed by atoms with van der Waals surface area (Å²) in [4.78, 5) is 3.28. The number of thiophene rings is 2. The molecule has 0 spiro atoms. The van der Waals surface area contributed by atoms with Crippen molar-refractivity contribution in [1.29, 1.82) is 5.26 Å². The maximum Gasteiger partial charge on any atom is 0.0944 e. The predicted molar refractivity (Wildman–Crippen MR) is 90.8 cm³/mol. The fourth-order valence-electron chi connectivity index (χ4n) is 2.15. The largest absolute Gasteiger partial charge is 0.378 e. The van der Waals surface area contributed by atoms with E-state index >= 15 is 0 Å². The molecule has 3 rings (SSSR count). The van der Waals surface area contributed by atoms with Gasteiger partial charge in [-0.15, -0.1) is 22.7 Å². The molecule has 0 N–H and O–H groups in total. The normalized spacial score (nSPS) is 12.0. The van der Waals surface area contributed by atoms with Crippen LogP contribution in [0.2, 0.25) is 0 Å². The summed E-state index contributed by atoms with van der Waals surface area (Å²) in [6.07, 6.45) is 1.96. The second-order valence-corrected chi connectivity index (χ2v) is 7.13. The highest BCUT2D eigenvalue weighted by molar-refractivity contribution is 7.33. The van der Waals surface area contributed by atoms with Crippen LogP contribution >= 0.6 is 22.7 Å². The maximum atomic E-state index is 8.86. The molecule has 3 aromatic rings. The Balaban J connectivity index is 2.16. The Morgan fingerprint density at radius 1 is 1.20 bits per heavy atom. The quantitative estimate of drug-likeness (QED) is 0.615. The molecule has 0 saturated carbocycles. The Bertz CT molecular complexity index is 860. The van der Waals surface area contributed by atoms with Gasteiger partial charge in [0.25, 0.3) is 0 Å². The summed E-state index contributed by atoms with van der Waals surface area (Å²) in [6, 6.07) is 10.9. The third-order valence-electron chi connectivity index (χ3n) is 3.20. The van der Waals surface area contributed by atoms with Crippen LogP contribution in [0.15, 0.2) is 29.8 Å². The first-order chi connectivity index (χ1) is 9.58. The molecule has 0 aliphatic rings. The van der Waals surface area contributed by atoms with E-state index in [0.717, 1.165) is 10.5 Å². The molecule has 0 radical (unpaired) electrons. The van der Waals surface area contributed by atoms with E-state index in [0.29, 0.717) is 0 Å². The molecule has 0 amide bonds. The van der Waals surface area contributed by atoms with Crippen molar-refractivity contribution in [2.75, 3.05) is 19.0 Å². The minimum absolute atomic E-state index is 0.748. The van der Waals surface area contributed by atoms with E-state index in [4.69, 9.17) is 5.26 Å². The average molecular weight is 298 g/mol. The van der Waals surface area contributed by atoms with Gasteiger partial charge in [0.15, 0.2) is 0 Å². The number of hydrogen-bond donors (Lipinski definition) is 0. The molecular formula is C16H14N2S2. The zero-order valence-electron chi connectivity index (χ0n) is 11.6. The molecule has 20 heavy (non-hydrogen) atoms. The number of hydrogen-bond acceptors (Lipinski definition) is 4. The summed E-state index contributed by atoms with van der Waals surface area (Å²) in [5.41, 5.74) is 1.98. The van der Waals surface area contributed by atoms with Crippen LogP contribution in [0, 0.1) is 11.3 Å². The molecule has 0 atom stereocenters. The van der Waals surface area contributed by atoms with Gasteiger partial charge in [0.05, 0.1) is 10.8 Å². The zero-order valence-corrected chi connectivity index (χ0v) is 13.2. The van der Waals surface area contributed by atoms with Crippen molar-refractivity contribution in [2.45, 2.75) is 6.92 Å². The molecule has 4 heteroatoms. The summed E-state index contributed by atoms with van der Waals surface area (Å²) < 4.78 is 3.95. The molecule has 0 bridgehead atoms. The number of anilines is 1. The van der Waals surface area contributed by atoms with E-state index in [1.165, 1.54) is 25.2 Å². The summed E-state index contributed by atoms with van der Waals surface area (Å²) in [5, 5.41) is 10.2. The third kappa shape index (κ3) is 2.20. The molecule has 2 aromatic heterocycles. The zero-order chi connectivity index (χ0) is 14.3. The van der Waals surface area contributed by atoms with Gasteiger partial charge in [-0.1, -0.05) is 6.07 Å². The number of fused-ring (bicyclic) bond motifs is 3. The summed E-state index contributed by atoms with van der Waals surface area (Å²) in [7, 11) is 4.12. The highest BCUT2D eigenvalue weighted by Gasteiger charge is 2.10. The van der Waals surface area contributed by atoms with E-state index in [1.54, 1.807) is 11.3 Å². The van der Waals surface area contributed by atoms with Gasteiger partial charge < -0.3 is 4.90 Å². The standard InChI is InChI=1S/C16H14N2S2/c1-10(9-17)6-12-8-15-16(19-12)13-5-4-11(18(2)3)7-14(13)20-15/h4-8H,1-3H3/b10-6-. The first kappa shape index (κ1) is 13.2. The van der Waals surface area contributed by atoms with Crippen LogP contribution in [0.4, 0.5) is 5.69 Å². The van der Waals surface area contributed by atoms with Crippen molar-refractivity contribution in [2.24, 2.45) is 0 Å². The fraction of sp³-hybridized carbons (Fsp3) is 0.188. The van der Waals surface area contributed by atoms with Gasteiger partial charge in [-0.2, -0.15) is 5.26 Å². The van der Waals surface area contributed by atoms with Gasteiger partial charge in [0, 0.05) is 45.0 Å². The van der Waals surface area contributed by atoms with Crippen LogP contribution in [-0.4, -0.2) is 14.1 Å². The van der Waals surface area contributed by atoms with Gasteiger partial charge in [0.2, 0.25) is 0 Å². The average Bonchev–Trinajstić information content (AvgIpc) is 2.94. The molecular weight excluding hydrogens is 284 g/mol. The third-order valence-corrected chi connectivity index (χ3v) is 5.54. The second kappa shape index (κ2) is 4.93. The van der Waals surface area contributed by atoms with Gasteiger partial charge in [-0.3, -0.25) is 0 Å². The number of allylic oxidation sites excluding steroid dienone is 1. The van der Waals surface area contributed by atoms with E-state index in [-0.39, 0.29) is 0 Å². The van der Waals surface area contributed by atoms with Crippen molar-refractivity contribution in [3.63, 3.8) is 0 Å². The second-order valence-electron chi connectivity index (χ2n) is 4.96. The first-order valence-corrected chi connectivity index (χ1v) is 7.93. The minimum Gasteiger partial charge on any atom is -0.378 e. The molecule has 0 aliphatic carbocycles. The molecule has 2 heterocycles. The Morgan fingerprint density at radius 2 is 2.00 bits per heavy atom. The maximum absolute atomic E-state index is 8.86. The minimum atomic E-state index is 0.748. The Kier molecular flexibility index (Phi) is 3.25. The van der Waals surface area contributed by atoms with Gasteiger partial charge >= 0.3 is 0 Å². The molecule has 0 saturated heterocycles. The van der Waals surface area contributed by atoms with Crippen LogP contribution in [-0.2, 0) is 0 Å². The monoisotopic (exact) mass is 298 g/mol. The van der Waals surface area contributed by atoms with Gasteiger partial charge in [-0.05, 0) is 31.2 Å². The molecule has 0 fully saturated rings. The van der Waals surface area contributed by atoms with Crippen LogP contribution in [0.3, 0.4) is 0 Å². The Morgan fingerprint density at radius 3 is 2.70 bits per heavy atom. The lowest BCUT2D eigenvalue weighted by molar-refractivity contribution is 1.14. The lowest BCUT2D eigenvalue weighted by atomic mass is 10.2. The van der Waals surface area contributed by atoms with Crippen LogP contribution in [0.1, 0.15) is 11.8 Å². The highest BCUT2D eigenvalue weighted by Crippen LogP contribution is 2.41. The number of nitriles is 1. The predicted octanol–water partition coefficient (Wildman–Crippen LogP) is 5.11. The van der Waals surface area contributed by atoms with E-state index in [1.807, 2.05) is 24.3 Å². The van der Waals surface area contributed by atoms with Crippen molar-refractivity contribution < 1.29 is 0 Å². The lowest BCUT2D eigenvalue weighted by Gasteiger charge is -2.11. The Hall–Kier alpha value is -1.83. The van der Waals surface area contributed by atoms with Crippen molar-refractivity contribution in [1.82, 2.24) is 0 Å². The molecule has 100 valence electrons. The molecule has 1 aromatic carbocycles. The highest BCUT2D eigenvalue weighted by atomic mass is 32.1. The van der Waals surface area contributed by atoms with Crippen LogP contribution in [0.25, 0.3) is 25.6 Å². The van der Waals surface area contributed by atoms with Crippen LogP contribution < -0.4 is 4.90 Å². The van der Waals surface area contributed by atoms with Gasteiger partial charge in [-0.25, -0.2) is 0 Å². The smallest absolute Gasteiger partial charge is 0.0944 e. The van der Waals surface area contributed by atoms with E-state index < -0.39 is 0 Å². The van der Waals surface area contributed by atoms with Crippen molar-refractivity contribution >= 4 is 53.9 Å². The first-order valence-electron chi connectivity index (χ1n) is 6.30. The summed E-state index contributed by atoms with van der Waals surface area (Å²) in [5.74, 6) is 0. The lowest BCUT2D eigenvalue weighted by Crippen LogP contribution is -2.07. The molecule has 0 unspecified atom stereocenters.